The molecule has 2 amide bonds. The molecule has 1 aromatic heterocycles. The van der Waals surface area contributed by atoms with E-state index < -0.39 is 6.04 Å². The number of benzene rings is 1. The molecule has 2 aliphatic heterocycles. The first-order valence-electron chi connectivity index (χ1n) is 13.8. The van der Waals surface area contributed by atoms with Crippen molar-refractivity contribution in [3.8, 4) is 0 Å². The Bertz CT molecular complexity index is 1360. The number of amides is 2. The lowest BCUT2D eigenvalue weighted by molar-refractivity contribution is -0.137. The van der Waals surface area contributed by atoms with Gasteiger partial charge in [0.1, 0.15) is 13.2 Å². The molecule has 0 spiro atoms. The fourth-order valence-corrected chi connectivity index (χ4v) is 6.14. The number of imidazole rings is 1. The van der Waals surface area contributed by atoms with Crippen molar-refractivity contribution in [1.29, 1.82) is 0 Å². The highest BCUT2D eigenvalue weighted by molar-refractivity contribution is 6.30. The molecule has 3 atom stereocenters. The zero-order valence-electron chi connectivity index (χ0n) is 23.7. The minimum absolute atomic E-state index is 0.00563. The average Bonchev–Trinajstić information content (AvgIpc) is 3.18. The van der Waals surface area contributed by atoms with Gasteiger partial charge in [0.15, 0.2) is 0 Å². The number of aromatic nitrogens is 2. The van der Waals surface area contributed by atoms with Gasteiger partial charge in [-0.05, 0) is 47.0 Å². The summed E-state index contributed by atoms with van der Waals surface area (Å²) >= 11 is 6.64. The van der Waals surface area contributed by atoms with E-state index in [0.29, 0.717) is 31.2 Å². The lowest BCUT2D eigenvalue weighted by Crippen LogP contribution is -2.53. The summed E-state index contributed by atoms with van der Waals surface area (Å²) in [6, 6.07) is 5.40. The number of fused-ring (bicyclic) bond motifs is 2. The molecule has 3 heterocycles. The molecule has 0 radical (unpaired) electrons. The lowest BCUT2D eigenvalue weighted by Gasteiger charge is -2.43. The molecule has 1 aliphatic carbocycles. The van der Waals surface area contributed by atoms with Crippen molar-refractivity contribution in [3.63, 3.8) is 0 Å². The zero-order valence-corrected chi connectivity index (χ0v) is 24.4. The molecule has 1 fully saturated rings. The molecule has 10 nitrogen and oxygen atoms in total. The topological polar surface area (TPSA) is 101 Å². The molecule has 11 heteroatoms. The Morgan fingerprint density at radius 3 is 2.66 bits per heavy atom. The maximum atomic E-state index is 12.9. The van der Waals surface area contributed by atoms with Crippen molar-refractivity contribution in [2.24, 2.45) is 7.05 Å². The van der Waals surface area contributed by atoms with Gasteiger partial charge in [-0.2, -0.15) is 0 Å². The van der Waals surface area contributed by atoms with Gasteiger partial charge in [0.05, 0.1) is 36.3 Å². The van der Waals surface area contributed by atoms with Gasteiger partial charge < -0.3 is 29.6 Å². The molecule has 41 heavy (non-hydrogen) atoms. The number of nitrogens with zero attached hydrogens (tertiary/aromatic N) is 4. The molecular formula is C30H37ClN6O4. The number of carbonyl (C=O) groups is 2. The number of methoxy groups -OCH3 is 2. The second-order valence-electron chi connectivity index (χ2n) is 10.5. The van der Waals surface area contributed by atoms with E-state index in [1.54, 1.807) is 19.6 Å². The van der Waals surface area contributed by atoms with Gasteiger partial charge in [-0.3, -0.25) is 14.5 Å². The van der Waals surface area contributed by atoms with Gasteiger partial charge in [0, 0.05) is 52.5 Å². The van der Waals surface area contributed by atoms with Crippen LogP contribution in [0, 0.1) is 0 Å². The van der Waals surface area contributed by atoms with Crippen LogP contribution in [0.15, 0.2) is 60.7 Å². The number of hydrogen-bond donors (Lipinski definition) is 2. The van der Waals surface area contributed by atoms with E-state index in [1.165, 1.54) is 7.11 Å². The van der Waals surface area contributed by atoms with Crippen molar-refractivity contribution < 1.29 is 19.1 Å². The summed E-state index contributed by atoms with van der Waals surface area (Å²) in [6.07, 6.45) is 12.8. The summed E-state index contributed by atoms with van der Waals surface area (Å²) in [5.74, 6) is -0.224. The van der Waals surface area contributed by atoms with Gasteiger partial charge in [0.2, 0.25) is 11.8 Å². The number of nitrogens with one attached hydrogen (secondary N) is 2. The van der Waals surface area contributed by atoms with E-state index in [4.69, 9.17) is 21.1 Å². The summed E-state index contributed by atoms with van der Waals surface area (Å²) in [7, 11) is 4.97. The molecule has 1 aromatic carbocycles. The second kappa shape index (κ2) is 13.0. The molecule has 3 aliphatic rings. The highest BCUT2D eigenvalue weighted by Gasteiger charge is 2.39. The minimum atomic E-state index is -0.498. The number of piperazine rings is 1. The number of hydrogen-bond acceptors (Lipinski definition) is 7. The molecule has 5 rings (SSSR count). The number of carbonyl (C=O) groups excluding carboxylic acids is 2. The third-order valence-corrected chi connectivity index (χ3v) is 8.13. The van der Waals surface area contributed by atoms with Crippen LogP contribution < -0.4 is 10.6 Å². The van der Waals surface area contributed by atoms with Crippen molar-refractivity contribution >= 4 is 29.0 Å². The van der Waals surface area contributed by atoms with Gasteiger partial charge >= 0.3 is 0 Å². The summed E-state index contributed by atoms with van der Waals surface area (Å²) < 4.78 is 12.1. The minimum Gasteiger partial charge on any atom is -0.382 e. The quantitative estimate of drug-likeness (QED) is 0.495. The normalized spacial score (nSPS) is 21.4. The first kappa shape index (κ1) is 29.1. The van der Waals surface area contributed by atoms with Crippen LogP contribution in [0.1, 0.15) is 35.3 Å². The van der Waals surface area contributed by atoms with Crippen LogP contribution >= 0.6 is 11.6 Å². The Balaban J connectivity index is 1.61. The van der Waals surface area contributed by atoms with E-state index in [9.17, 15) is 9.59 Å². The van der Waals surface area contributed by atoms with E-state index in [-0.39, 0.29) is 37.1 Å². The van der Waals surface area contributed by atoms with Crippen LogP contribution in [-0.4, -0.2) is 90.8 Å². The average molecular weight is 581 g/mol. The van der Waals surface area contributed by atoms with Crippen LogP contribution in [-0.2, 0) is 26.1 Å². The van der Waals surface area contributed by atoms with Crippen LogP contribution in [0.25, 0.3) is 5.57 Å². The fourth-order valence-electron chi connectivity index (χ4n) is 5.96. The molecule has 2 N–H and O–H groups in total. The molecular weight excluding hydrogens is 544 g/mol. The van der Waals surface area contributed by atoms with Crippen molar-refractivity contribution in [3.05, 3.63) is 82.6 Å². The van der Waals surface area contributed by atoms with E-state index in [1.807, 2.05) is 34.8 Å². The summed E-state index contributed by atoms with van der Waals surface area (Å²) in [5, 5.41) is 7.45. The molecule has 218 valence electrons. The predicted octanol–water partition coefficient (Wildman–Crippen LogP) is 2.61. The van der Waals surface area contributed by atoms with Gasteiger partial charge in [-0.25, -0.2) is 4.98 Å². The van der Waals surface area contributed by atoms with E-state index in [2.05, 4.69) is 44.8 Å². The van der Waals surface area contributed by atoms with Gasteiger partial charge in [-0.15, -0.1) is 0 Å². The van der Waals surface area contributed by atoms with Crippen LogP contribution in [0.3, 0.4) is 0 Å². The van der Waals surface area contributed by atoms with Crippen LogP contribution in [0.4, 0.5) is 0 Å². The van der Waals surface area contributed by atoms with Gasteiger partial charge in [0.25, 0.3) is 0 Å². The molecule has 2 aromatic rings. The highest BCUT2D eigenvalue weighted by atomic mass is 35.5. The third-order valence-electron chi connectivity index (χ3n) is 7.89. The number of allylic oxidation sites excluding steroid dienone is 2. The first-order valence-corrected chi connectivity index (χ1v) is 14.2. The third kappa shape index (κ3) is 6.25. The highest BCUT2D eigenvalue weighted by Crippen LogP contribution is 2.44. The number of ether oxygens (including phenoxy) is 2. The fraction of sp³-hybridized carbons (Fsp3) is 0.433. The second-order valence-corrected chi connectivity index (χ2v) is 10.9. The summed E-state index contributed by atoms with van der Waals surface area (Å²) in [6.45, 7) is 2.69. The van der Waals surface area contributed by atoms with Crippen LogP contribution in [0.5, 0.6) is 0 Å². The number of rotatable bonds is 8. The van der Waals surface area contributed by atoms with Crippen molar-refractivity contribution in [2.75, 3.05) is 53.6 Å². The number of aryl methyl sites for hydroxylation is 1. The summed E-state index contributed by atoms with van der Waals surface area (Å²) in [4.78, 5) is 34.1. The Morgan fingerprint density at radius 1 is 1.17 bits per heavy atom. The lowest BCUT2D eigenvalue weighted by atomic mass is 9.89. The zero-order chi connectivity index (χ0) is 28.9. The van der Waals surface area contributed by atoms with Gasteiger partial charge in [-0.1, -0.05) is 35.9 Å². The van der Waals surface area contributed by atoms with Crippen molar-refractivity contribution in [2.45, 2.75) is 24.5 Å². The molecule has 1 saturated heterocycles. The molecule has 0 bridgehead atoms. The smallest absolute Gasteiger partial charge is 0.248 e. The molecule has 0 saturated carbocycles. The molecule has 1 unspecified atom stereocenters. The maximum absolute atomic E-state index is 12.9. The Hall–Kier alpha value is -3.44. The SMILES string of the molecule is COCC(=O)N[C@H](C1=CC2=CCC=CNC2[C@@H](N2CCN(C(=O)COC)CC2)c2ccc(Cl)cc21)c1cncn1C. The standard InChI is InChI=1S/C30H37ClN6O4/c1-35-19-32-16-25(35)29(34-26(38)17-40-2)24-14-20-6-4-5-9-33-28(20)30(22-8-7-21(31)15-23(22)24)37-12-10-36(11-13-37)27(39)18-41-3/h5-9,14-16,19,28-30,33H,4,10-13,17-18H2,1-3H3,(H,34,38)/t28?,29-,30+/m1/s1. The summed E-state index contributed by atoms with van der Waals surface area (Å²) in [5.41, 5.74) is 4.94. The largest absolute Gasteiger partial charge is 0.382 e. The Kier molecular flexibility index (Phi) is 9.24. The van der Waals surface area contributed by atoms with Crippen molar-refractivity contribution in [1.82, 2.24) is 30.0 Å². The predicted molar refractivity (Wildman–Crippen MR) is 157 cm³/mol. The Labute approximate surface area is 245 Å². The maximum Gasteiger partial charge on any atom is 0.248 e. The van der Waals surface area contributed by atoms with E-state index >= 15 is 0 Å². The van der Waals surface area contributed by atoms with Crippen LogP contribution in [0.2, 0.25) is 5.02 Å². The first-order chi connectivity index (χ1) is 19.9. The number of halogens is 1. The Morgan fingerprint density at radius 2 is 1.95 bits per heavy atom. The monoisotopic (exact) mass is 580 g/mol. The van der Waals surface area contributed by atoms with E-state index in [0.717, 1.165) is 34.4 Å².